The van der Waals surface area contributed by atoms with Crippen LogP contribution in [0.25, 0.3) is 10.9 Å². The molecule has 0 saturated carbocycles. The summed E-state index contributed by atoms with van der Waals surface area (Å²) in [6, 6.07) is 26.0. The maximum atomic E-state index is 13.5. The number of rotatable bonds is 9. The molecule has 1 heterocycles. The molecule has 1 aromatic heterocycles. The molecule has 3 aromatic carbocycles. The first-order valence-corrected chi connectivity index (χ1v) is 10.5. The van der Waals surface area contributed by atoms with Crippen LogP contribution in [0.3, 0.4) is 0 Å². The predicted octanol–water partition coefficient (Wildman–Crippen LogP) is 5.36. The molecule has 0 amide bonds. The van der Waals surface area contributed by atoms with E-state index in [2.05, 4.69) is 46.8 Å². The largest absolute Gasteiger partial charge is 0.385 e. The van der Waals surface area contributed by atoms with Crippen molar-refractivity contribution in [2.24, 2.45) is 0 Å². The van der Waals surface area contributed by atoms with Crippen molar-refractivity contribution in [3.63, 3.8) is 0 Å². The minimum atomic E-state index is -0.383. The van der Waals surface area contributed by atoms with E-state index in [1.165, 1.54) is 5.56 Å². The van der Waals surface area contributed by atoms with Crippen molar-refractivity contribution in [3.8, 4) is 0 Å². The molecule has 1 atom stereocenters. The van der Waals surface area contributed by atoms with Gasteiger partial charge in [0.05, 0.1) is 6.04 Å². The Morgan fingerprint density at radius 2 is 1.67 bits per heavy atom. The molecule has 4 aromatic rings. The van der Waals surface area contributed by atoms with Crippen LogP contribution in [0.1, 0.15) is 34.5 Å². The zero-order valence-corrected chi connectivity index (χ0v) is 17.2. The van der Waals surface area contributed by atoms with E-state index in [4.69, 9.17) is 0 Å². The van der Waals surface area contributed by atoms with Crippen LogP contribution in [0, 0.1) is 0 Å². The van der Waals surface area contributed by atoms with Gasteiger partial charge in [0, 0.05) is 41.4 Å². The van der Waals surface area contributed by atoms with Gasteiger partial charge in [-0.2, -0.15) is 0 Å². The summed E-state index contributed by atoms with van der Waals surface area (Å²) < 4.78 is 0. The van der Waals surface area contributed by atoms with E-state index in [1.807, 2.05) is 60.8 Å². The van der Waals surface area contributed by atoms with Gasteiger partial charge in [0.25, 0.3) is 0 Å². The number of nitrogens with one attached hydrogen (secondary N) is 3. The lowest BCUT2D eigenvalue weighted by Gasteiger charge is -2.18. The third-order valence-electron chi connectivity index (χ3n) is 5.35. The molecule has 0 spiro atoms. The van der Waals surface area contributed by atoms with Crippen LogP contribution in [0.5, 0.6) is 0 Å². The normalized spacial score (nSPS) is 12.0. The number of fused-ring (bicyclic) bond motifs is 1. The number of hydrogen-bond donors (Lipinski definition) is 3. The summed E-state index contributed by atoms with van der Waals surface area (Å²) >= 11 is 0. The summed E-state index contributed by atoms with van der Waals surface area (Å²) in [6.45, 7) is 3.72. The fourth-order valence-corrected chi connectivity index (χ4v) is 3.79. The highest BCUT2D eigenvalue weighted by Crippen LogP contribution is 2.24. The van der Waals surface area contributed by atoms with Crippen molar-refractivity contribution in [3.05, 3.63) is 102 Å². The molecule has 0 saturated heterocycles. The van der Waals surface area contributed by atoms with Gasteiger partial charge in [0.15, 0.2) is 5.78 Å². The molecule has 3 N–H and O–H groups in total. The van der Waals surface area contributed by atoms with Crippen LogP contribution < -0.4 is 10.6 Å². The summed E-state index contributed by atoms with van der Waals surface area (Å²) in [4.78, 5) is 16.7. The monoisotopic (exact) mass is 397 g/mol. The first kappa shape index (κ1) is 19.9. The molecule has 0 bridgehead atoms. The number of aromatic amines is 1. The Kier molecular flexibility index (Phi) is 6.26. The third kappa shape index (κ3) is 4.44. The van der Waals surface area contributed by atoms with Gasteiger partial charge in [-0.25, -0.2) is 0 Å². The van der Waals surface area contributed by atoms with Crippen molar-refractivity contribution < 1.29 is 4.79 Å². The van der Waals surface area contributed by atoms with Crippen molar-refractivity contribution in [2.75, 3.05) is 18.4 Å². The quantitative estimate of drug-likeness (QED) is 0.333. The van der Waals surface area contributed by atoms with Crippen molar-refractivity contribution >= 4 is 22.4 Å². The first-order valence-electron chi connectivity index (χ1n) is 10.5. The second-order valence-corrected chi connectivity index (χ2v) is 7.39. The van der Waals surface area contributed by atoms with Gasteiger partial charge in [-0.15, -0.1) is 0 Å². The van der Waals surface area contributed by atoms with Crippen LogP contribution in [0.15, 0.2) is 85.1 Å². The molecule has 0 radical (unpaired) electrons. The Bertz CT molecular complexity index is 1100. The Balaban J connectivity index is 1.51. The highest BCUT2D eigenvalue weighted by molar-refractivity contribution is 6.10. The van der Waals surface area contributed by atoms with Gasteiger partial charge in [0.1, 0.15) is 0 Å². The fraction of sp³-hybridized carbons (Fsp3) is 0.192. The van der Waals surface area contributed by atoms with Gasteiger partial charge in [-0.05, 0) is 42.7 Å². The lowest BCUT2D eigenvalue weighted by molar-refractivity contribution is 0.0945. The topological polar surface area (TPSA) is 56.9 Å². The summed E-state index contributed by atoms with van der Waals surface area (Å²) in [5.41, 5.74) is 5.06. The molecular weight excluding hydrogens is 370 g/mol. The summed E-state index contributed by atoms with van der Waals surface area (Å²) in [5, 5.41) is 7.77. The highest BCUT2D eigenvalue weighted by atomic mass is 16.1. The maximum Gasteiger partial charge on any atom is 0.186 e. The average molecular weight is 398 g/mol. The number of carbonyl (C=O) groups is 1. The number of para-hydroxylation sites is 1. The van der Waals surface area contributed by atoms with Gasteiger partial charge in [0.2, 0.25) is 0 Å². The number of anilines is 1. The maximum absolute atomic E-state index is 13.5. The lowest BCUT2D eigenvalue weighted by Crippen LogP contribution is -2.30. The standard InChI is InChI=1S/C26H27N3O/c1-2-27-21-14-12-19(13-15-21)16-17-28-25(20-8-4-3-5-9-20)26(30)23-18-29-24-11-7-6-10-22(23)24/h3-15,18,25,27-29H,2,16-17H2,1H3/t25-/m0/s1. The zero-order chi connectivity index (χ0) is 20.8. The minimum Gasteiger partial charge on any atom is -0.385 e. The molecule has 4 rings (SSSR count). The Hall–Kier alpha value is -3.37. The molecule has 4 heteroatoms. The van der Waals surface area contributed by atoms with Crippen molar-refractivity contribution in [1.82, 2.24) is 10.3 Å². The molecule has 30 heavy (non-hydrogen) atoms. The average Bonchev–Trinajstić information content (AvgIpc) is 3.22. The number of H-pyrrole nitrogens is 1. The molecular formula is C26H27N3O. The Morgan fingerprint density at radius 1 is 0.933 bits per heavy atom. The number of Topliss-reactive ketones (excluding diaryl/α,β-unsaturated/α-hetero) is 1. The van der Waals surface area contributed by atoms with Crippen molar-refractivity contribution in [2.45, 2.75) is 19.4 Å². The van der Waals surface area contributed by atoms with E-state index in [0.717, 1.165) is 40.7 Å². The number of ketones is 1. The Labute approximate surface area is 177 Å². The van der Waals surface area contributed by atoms with E-state index in [-0.39, 0.29) is 11.8 Å². The van der Waals surface area contributed by atoms with Crippen LogP contribution in [0.2, 0.25) is 0 Å². The van der Waals surface area contributed by atoms with Gasteiger partial charge in [-0.3, -0.25) is 4.79 Å². The molecule has 0 unspecified atom stereocenters. The molecule has 0 aliphatic carbocycles. The van der Waals surface area contributed by atoms with E-state index in [0.29, 0.717) is 6.54 Å². The van der Waals surface area contributed by atoms with Crippen LogP contribution in [-0.2, 0) is 6.42 Å². The molecule has 0 aliphatic heterocycles. The predicted molar refractivity (Wildman–Crippen MR) is 124 cm³/mol. The second kappa shape index (κ2) is 9.42. The molecule has 152 valence electrons. The third-order valence-corrected chi connectivity index (χ3v) is 5.35. The lowest BCUT2D eigenvalue weighted by atomic mass is 9.96. The van der Waals surface area contributed by atoms with Gasteiger partial charge < -0.3 is 15.6 Å². The zero-order valence-electron chi connectivity index (χ0n) is 17.2. The van der Waals surface area contributed by atoms with E-state index in [9.17, 15) is 4.79 Å². The number of benzene rings is 3. The molecule has 0 aliphatic rings. The first-order chi connectivity index (χ1) is 14.8. The SMILES string of the molecule is CCNc1ccc(CCN[C@H](C(=O)c2c[nH]c3ccccc23)c2ccccc2)cc1. The van der Waals surface area contributed by atoms with Gasteiger partial charge >= 0.3 is 0 Å². The van der Waals surface area contributed by atoms with Crippen LogP contribution in [-0.4, -0.2) is 23.9 Å². The molecule has 0 fully saturated rings. The number of aromatic nitrogens is 1. The van der Waals surface area contributed by atoms with E-state index >= 15 is 0 Å². The number of hydrogen-bond acceptors (Lipinski definition) is 3. The van der Waals surface area contributed by atoms with Crippen molar-refractivity contribution in [1.29, 1.82) is 0 Å². The van der Waals surface area contributed by atoms with E-state index < -0.39 is 0 Å². The van der Waals surface area contributed by atoms with Crippen LogP contribution in [0.4, 0.5) is 5.69 Å². The smallest absolute Gasteiger partial charge is 0.186 e. The summed E-state index contributed by atoms with van der Waals surface area (Å²) in [5.74, 6) is 0.0844. The Morgan fingerprint density at radius 3 is 2.43 bits per heavy atom. The van der Waals surface area contributed by atoms with Gasteiger partial charge in [-0.1, -0.05) is 60.7 Å². The minimum absolute atomic E-state index is 0.0844. The van der Waals surface area contributed by atoms with E-state index in [1.54, 1.807) is 0 Å². The fourth-order valence-electron chi connectivity index (χ4n) is 3.79. The highest BCUT2D eigenvalue weighted by Gasteiger charge is 2.23. The molecule has 4 nitrogen and oxygen atoms in total. The van der Waals surface area contributed by atoms with Crippen LogP contribution >= 0.6 is 0 Å². The summed E-state index contributed by atoms with van der Waals surface area (Å²) in [6.07, 6.45) is 2.68. The summed E-state index contributed by atoms with van der Waals surface area (Å²) in [7, 11) is 0. The second-order valence-electron chi connectivity index (χ2n) is 7.39. The number of carbonyl (C=O) groups excluding carboxylic acids is 1.